The van der Waals surface area contributed by atoms with E-state index < -0.39 is 11.7 Å². The molecule has 0 aliphatic carbocycles. The maximum absolute atomic E-state index is 13.4. The van der Waals surface area contributed by atoms with Gasteiger partial charge in [-0.25, -0.2) is 4.39 Å². The van der Waals surface area contributed by atoms with Crippen molar-refractivity contribution in [2.75, 3.05) is 18.5 Å². The Balaban J connectivity index is 1.42. The fourth-order valence-electron chi connectivity index (χ4n) is 3.17. The molecule has 6 nitrogen and oxygen atoms in total. The molecule has 0 radical (unpaired) electrons. The number of carbonyl (C=O) groups excluding carboxylic acids is 2. The predicted molar refractivity (Wildman–Crippen MR) is 91.8 cm³/mol. The monoisotopic (exact) mass is 356 g/mol. The van der Waals surface area contributed by atoms with Crippen molar-refractivity contribution in [2.45, 2.75) is 18.4 Å². The molecule has 2 aliphatic heterocycles. The Labute approximate surface area is 149 Å². The molecule has 2 aliphatic rings. The lowest BCUT2D eigenvalue weighted by Gasteiger charge is -2.28. The summed E-state index contributed by atoms with van der Waals surface area (Å²) in [5.74, 6) is -0.414. The Hall–Kier alpha value is -3.09. The standard InChI is InChI=1S/C19H17FN2O4/c20-11-5-6-13-14(8-18(23)22-15(13)7-11)19(24)21-9-12-10-25-16-3-1-2-4-17(16)26-12/h1-7,12,14H,8-10H2,(H,21,24)(H,22,23)/t12-,14+/m1/s1. The minimum absolute atomic E-state index is 0.0231. The van der Waals surface area contributed by atoms with E-state index in [1.54, 1.807) is 6.07 Å². The van der Waals surface area contributed by atoms with Crippen LogP contribution in [0.5, 0.6) is 11.5 Å². The molecular formula is C19H17FN2O4. The van der Waals surface area contributed by atoms with E-state index in [4.69, 9.17) is 9.47 Å². The first-order chi connectivity index (χ1) is 12.6. The highest BCUT2D eigenvalue weighted by Crippen LogP contribution is 2.33. The quantitative estimate of drug-likeness (QED) is 0.884. The van der Waals surface area contributed by atoms with Crippen molar-refractivity contribution in [1.29, 1.82) is 0 Å². The molecule has 2 atom stereocenters. The minimum atomic E-state index is -0.656. The SMILES string of the molecule is O=C1C[C@H](C(=O)NC[C@@H]2COc3ccccc3O2)c2ccc(F)cc2N1. The van der Waals surface area contributed by atoms with Crippen molar-refractivity contribution in [3.05, 3.63) is 53.8 Å². The van der Waals surface area contributed by atoms with Gasteiger partial charge in [0.15, 0.2) is 11.5 Å². The number of hydrogen-bond acceptors (Lipinski definition) is 4. The molecule has 2 amide bonds. The highest BCUT2D eigenvalue weighted by atomic mass is 19.1. The summed E-state index contributed by atoms with van der Waals surface area (Å²) >= 11 is 0. The van der Waals surface area contributed by atoms with Gasteiger partial charge in [0, 0.05) is 12.1 Å². The van der Waals surface area contributed by atoms with Gasteiger partial charge in [0.2, 0.25) is 11.8 Å². The van der Waals surface area contributed by atoms with Crippen LogP contribution in [0.2, 0.25) is 0 Å². The number of fused-ring (bicyclic) bond motifs is 2. The van der Waals surface area contributed by atoms with E-state index in [2.05, 4.69) is 10.6 Å². The second-order valence-corrected chi connectivity index (χ2v) is 6.28. The second-order valence-electron chi connectivity index (χ2n) is 6.28. The molecule has 0 saturated carbocycles. The molecule has 0 saturated heterocycles. The molecule has 26 heavy (non-hydrogen) atoms. The van der Waals surface area contributed by atoms with Gasteiger partial charge in [0.25, 0.3) is 0 Å². The molecule has 2 heterocycles. The largest absolute Gasteiger partial charge is 0.486 e. The van der Waals surface area contributed by atoms with Crippen LogP contribution in [-0.2, 0) is 9.59 Å². The van der Waals surface area contributed by atoms with E-state index in [1.807, 2.05) is 18.2 Å². The lowest BCUT2D eigenvalue weighted by molar-refractivity contribution is -0.126. The van der Waals surface area contributed by atoms with E-state index >= 15 is 0 Å². The normalized spacial score (nSPS) is 20.7. The summed E-state index contributed by atoms with van der Waals surface area (Å²) in [7, 11) is 0. The van der Waals surface area contributed by atoms with Crippen LogP contribution in [0.1, 0.15) is 17.9 Å². The number of nitrogens with one attached hydrogen (secondary N) is 2. The Morgan fingerprint density at radius 3 is 2.88 bits per heavy atom. The third-order valence-electron chi connectivity index (χ3n) is 4.44. The molecule has 7 heteroatoms. The molecule has 0 aromatic heterocycles. The van der Waals surface area contributed by atoms with Crippen LogP contribution in [0.3, 0.4) is 0 Å². The number of benzene rings is 2. The van der Waals surface area contributed by atoms with Crippen molar-refractivity contribution in [1.82, 2.24) is 5.32 Å². The van der Waals surface area contributed by atoms with Gasteiger partial charge in [-0.1, -0.05) is 18.2 Å². The molecule has 134 valence electrons. The van der Waals surface area contributed by atoms with Crippen molar-refractivity contribution in [3.8, 4) is 11.5 Å². The van der Waals surface area contributed by atoms with Crippen molar-refractivity contribution < 1.29 is 23.5 Å². The van der Waals surface area contributed by atoms with Crippen molar-refractivity contribution in [2.24, 2.45) is 0 Å². The highest BCUT2D eigenvalue weighted by molar-refractivity contribution is 6.01. The van der Waals surface area contributed by atoms with Gasteiger partial charge < -0.3 is 20.1 Å². The van der Waals surface area contributed by atoms with Crippen LogP contribution in [-0.4, -0.2) is 31.1 Å². The Bertz CT molecular complexity index is 870. The summed E-state index contributed by atoms with van der Waals surface area (Å²) in [6.07, 6.45) is -0.297. The summed E-state index contributed by atoms with van der Waals surface area (Å²) in [5.41, 5.74) is 0.947. The van der Waals surface area contributed by atoms with Gasteiger partial charge in [-0.2, -0.15) is 0 Å². The highest BCUT2D eigenvalue weighted by Gasteiger charge is 2.31. The molecule has 2 N–H and O–H groups in total. The number of carbonyl (C=O) groups is 2. The van der Waals surface area contributed by atoms with Gasteiger partial charge in [-0.15, -0.1) is 0 Å². The zero-order valence-electron chi connectivity index (χ0n) is 13.8. The Morgan fingerprint density at radius 1 is 1.23 bits per heavy atom. The summed E-state index contributed by atoms with van der Waals surface area (Å²) in [6.45, 7) is 0.575. The van der Waals surface area contributed by atoms with E-state index in [0.29, 0.717) is 29.4 Å². The zero-order chi connectivity index (χ0) is 18.1. The lowest BCUT2D eigenvalue weighted by atomic mass is 9.89. The van der Waals surface area contributed by atoms with Crippen molar-refractivity contribution in [3.63, 3.8) is 0 Å². The molecule has 0 spiro atoms. The number of ether oxygens (including phenoxy) is 2. The lowest BCUT2D eigenvalue weighted by Crippen LogP contribution is -2.43. The van der Waals surface area contributed by atoms with Crippen LogP contribution in [0.25, 0.3) is 0 Å². The summed E-state index contributed by atoms with van der Waals surface area (Å²) in [5, 5.41) is 5.41. The molecule has 0 unspecified atom stereocenters. The summed E-state index contributed by atoms with van der Waals surface area (Å²) < 4.78 is 24.8. The number of hydrogen-bond donors (Lipinski definition) is 2. The maximum Gasteiger partial charge on any atom is 0.228 e. The van der Waals surface area contributed by atoms with Crippen LogP contribution in [0.4, 0.5) is 10.1 Å². The topological polar surface area (TPSA) is 76.7 Å². The number of anilines is 1. The molecule has 0 fully saturated rings. The third kappa shape index (κ3) is 3.20. The number of halogens is 1. The van der Waals surface area contributed by atoms with Gasteiger partial charge in [-0.3, -0.25) is 9.59 Å². The summed E-state index contributed by atoms with van der Waals surface area (Å²) in [4.78, 5) is 24.4. The zero-order valence-corrected chi connectivity index (χ0v) is 13.8. The van der Waals surface area contributed by atoms with Gasteiger partial charge >= 0.3 is 0 Å². The first kappa shape index (κ1) is 16.4. The van der Waals surface area contributed by atoms with E-state index in [9.17, 15) is 14.0 Å². The van der Waals surface area contributed by atoms with Crippen molar-refractivity contribution >= 4 is 17.5 Å². The van der Waals surface area contributed by atoms with E-state index in [-0.39, 0.29) is 30.9 Å². The smallest absolute Gasteiger partial charge is 0.228 e. The summed E-state index contributed by atoms with van der Waals surface area (Å²) in [6, 6.07) is 11.4. The van der Waals surface area contributed by atoms with Gasteiger partial charge in [-0.05, 0) is 29.8 Å². The van der Waals surface area contributed by atoms with E-state index in [0.717, 1.165) is 0 Å². The number of para-hydroxylation sites is 2. The number of rotatable bonds is 3. The third-order valence-corrected chi connectivity index (χ3v) is 4.44. The van der Waals surface area contributed by atoms with Gasteiger partial charge in [0.05, 0.1) is 12.5 Å². The van der Waals surface area contributed by atoms with E-state index in [1.165, 1.54) is 18.2 Å². The molecule has 0 bridgehead atoms. The predicted octanol–water partition coefficient (Wildman–Crippen LogP) is 2.21. The molecule has 2 aromatic rings. The second kappa shape index (κ2) is 6.67. The first-order valence-electron chi connectivity index (χ1n) is 8.35. The first-order valence-corrected chi connectivity index (χ1v) is 8.35. The Morgan fingerprint density at radius 2 is 2.04 bits per heavy atom. The maximum atomic E-state index is 13.4. The van der Waals surface area contributed by atoms with Crippen LogP contribution < -0.4 is 20.1 Å². The van der Waals surface area contributed by atoms with Crippen LogP contribution >= 0.6 is 0 Å². The molecule has 4 rings (SSSR count). The molecule has 2 aromatic carbocycles. The minimum Gasteiger partial charge on any atom is -0.486 e. The van der Waals surface area contributed by atoms with Crippen LogP contribution in [0, 0.1) is 5.82 Å². The average Bonchev–Trinajstić information content (AvgIpc) is 2.65. The number of amides is 2. The average molecular weight is 356 g/mol. The van der Waals surface area contributed by atoms with Gasteiger partial charge in [0.1, 0.15) is 18.5 Å². The Kier molecular flexibility index (Phi) is 4.20. The fraction of sp³-hybridized carbons (Fsp3) is 0.263. The fourth-order valence-corrected chi connectivity index (χ4v) is 3.17. The molecular weight excluding hydrogens is 339 g/mol. The van der Waals surface area contributed by atoms with Crippen LogP contribution in [0.15, 0.2) is 42.5 Å².